The Labute approximate surface area is 122 Å². The summed E-state index contributed by atoms with van der Waals surface area (Å²) < 4.78 is 0. The van der Waals surface area contributed by atoms with E-state index >= 15 is 0 Å². The van der Waals surface area contributed by atoms with Crippen molar-refractivity contribution in [1.82, 2.24) is 5.32 Å². The van der Waals surface area contributed by atoms with Crippen molar-refractivity contribution in [3.8, 4) is 0 Å². The van der Waals surface area contributed by atoms with Crippen LogP contribution in [0.3, 0.4) is 0 Å². The minimum atomic E-state index is -0.533. The van der Waals surface area contributed by atoms with Crippen molar-refractivity contribution >= 4 is 23.2 Å². The van der Waals surface area contributed by atoms with Gasteiger partial charge in [-0.3, -0.25) is 14.9 Å². The van der Waals surface area contributed by atoms with Gasteiger partial charge in [-0.05, 0) is 37.3 Å². The third kappa shape index (κ3) is 3.28. The van der Waals surface area contributed by atoms with Gasteiger partial charge < -0.3 is 5.32 Å². The number of aryl methyl sites for hydroxylation is 1. The number of hydrogen-bond donors (Lipinski definition) is 1. The summed E-state index contributed by atoms with van der Waals surface area (Å²) in [5.41, 5.74) is 0.762. The number of halogens is 1. The summed E-state index contributed by atoms with van der Waals surface area (Å²) in [5.74, 6) is -0.152. The van der Waals surface area contributed by atoms with Crippen molar-refractivity contribution in [3.63, 3.8) is 0 Å². The molecule has 0 bridgehead atoms. The van der Waals surface area contributed by atoms with E-state index in [9.17, 15) is 14.9 Å². The number of nitro groups is 1. The van der Waals surface area contributed by atoms with Gasteiger partial charge in [-0.15, -0.1) is 11.6 Å². The van der Waals surface area contributed by atoms with Crippen molar-refractivity contribution < 1.29 is 9.72 Å². The van der Waals surface area contributed by atoms with Gasteiger partial charge in [-0.2, -0.15) is 0 Å². The smallest absolute Gasteiger partial charge is 0.282 e. The second-order valence-corrected chi connectivity index (χ2v) is 5.76. The van der Waals surface area contributed by atoms with Crippen molar-refractivity contribution in [1.29, 1.82) is 0 Å². The van der Waals surface area contributed by atoms with Crippen LogP contribution in [-0.2, 0) is 0 Å². The van der Waals surface area contributed by atoms with Gasteiger partial charge >= 0.3 is 0 Å². The molecule has 2 atom stereocenters. The van der Waals surface area contributed by atoms with Gasteiger partial charge in [-0.25, -0.2) is 0 Å². The van der Waals surface area contributed by atoms with E-state index in [-0.39, 0.29) is 22.5 Å². The minimum absolute atomic E-state index is 0.0859. The molecule has 0 aliphatic heterocycles. The lowest BCUT2D eigenvalue weighted by Gasteiger charge is -2.14. The highest BCUT2D eigenvalue weighted by Gasteiger charge is 2.27. The number of carbonyl (C=O) groups is 1. The van der Waals surface area contributed by atoms with Crippen LogP contribution >= 0.6 is 11.6 Å². The molecule has 2 rings (SSSR count). The summed E-state index contributed by atoms with van der Waals surface area (Å²) in [7, 11) is 0. The standard InChI is InChI=1S/C14H17ClN2O3/c1-9-5-6-13(17(19)20)11(7-9)14(18)16-8-10-3-2-4-12(10)15/h5-7,10,12H,2-4,8H2,1H3,(H,16,18). The number of amides is 1. The van der Waals surface area contributed by atoms with Crippen molar-refractivity contribution in [2.75, 3.05) is 6.54 Å². The topological polar surface area (TPSA) is 72.2 Å². The second-order valence-electron chi connectivity index (χ2n) is 5.19. The second kappa shape index (κ2) is 6.22. The van der Waals surface area contributed by atoms with E-state index in [1.807, 2.05) is 0 Å². The van der Waals surface area contributed by atoms with Gasteiger partial charge in [0.2, 0.25) is 0 Å². The lowest BCUT2D eigenvalue weighted by Crippen LogP contribution is -2.31. The average Bonchev–Trinajstić information content (AvgIpc) is 2.81. The molecule has 20 heavy (non-hydrogen) atoms. The molecule has 108 valence electrons. The largest absolute Gasteiger partial charge is 0.351 e. The molecular formula is C14H17ClN2O3. The van der Waals surface area contributed by atoms with Gasteiger partial charge in [0, 0.05) is 18.0 Å². The zero-order valence-electron chi connectivity index (χ0n) is 11.3. The van der Waals surface area contributed by atoms with Crippen molar-refractivity contribution in [2.24, 2.45) is 5.92 Å². The number of hydrogen-bond acceptors (Lipinski definition) is 3. The fraction of sp³-hybridized carbons (Fsp3) is 0.500. The molecule has 0 radical (unpaired) electrons. The maximum atomic E-state index is 12.1. The van der Waals surface area contributed by atoms with Crippen LogP contribution in [0.4, 0.5) is 5.69 Å². The predicted molar refractivity (Wildman–Crippen MR) is 77.1 cm³/mol. The van der Waals surface area contributed by atoms with Crippen LogP contribution in [0.2, 0.25) is 0 Å². The third-order valence-corrected chi connectivity index (χ3v) is 4.26. The Hall–Kier alpha value is -1.62. The predicted octanol–water partition coefficient (Wildman–Crippen LogP) is 3.04. The molecular weight excluding hydrogens is 280 g/mol. The first-order valence-electron chi connectivity index (χ1n) is 6.66. The molecule has 0 saturated heterocycles. The molecule has 1 aliphatic carbocycles. The van der Waals surface area contributed by atoms with E-state index < -0.39 is 10.8 Å². The average molecular weight is 297 g/mol. The Balaban J connectivity index is 2.08. The Morgan fingerprint density at radius 2 is 2.25 bits per heavy atom. The molecule has 1 aromatic carbocycles. The first-order valence-corrected chi connectivity index (χ1v) is 7.10. The van der Waals surface area contributed by atoms with Crippen LogP contribution in [0.15, 0.2) is 18.2 Å². The van der Waals surface area contributed by atoms with Crippen LogP contribution in [-0.4, -0.2) is 22.8 Å². The fourth-order valence-corrected chi connectivity index (χ4v) is 2.90. The number of carbonyl (C=O) groups excluding carboxylic acids is 1. The SMILES string of the molecule is Cc1ccc([N+](=O)[O-])c(C(=O)NCC2CCCC2Cl)c1. The van der Waals surface area contributed by atoms with Gasteiger partial charge in [0.15, 0.2) is 0 Å². The fourth-order valence-electron chi connectivity index (χ4n) is 2.53. The summed E-state index contributed by atoms with van der Waals surface area (Å²) >= 11 is 6.16. The number of benzene rings is 1. The number of nitrogens with zero attached hydrogens (tertiary/aromatic N) is 1. The lowest BCUT2D eigenvalue weighted by atomic mass is 10.1. The summed E-state index contributed by atoms with van der Waals surface area (Å²) in [6.07, 6.45) is 3.02. The zero-order chi connectivity index (χ0) is 14.7. The quantitative estimate of drug-likeness (QED) is 0.527. The molecule has 0 spiro atoms. The maximum absolute atomic E-state index is 12.1. The highest BCUT2D eigenvalue weighted by atomic mass is 35.5. The molecule has 0 heterocycles. The van der Waals surface area contributed by atoms with E-state index in [2.05, 4.69) is 5.32 Å². The summed E-state index contributed by atoms with van der Waals surface area (Å²) in [6, 6.07) is 4.53. The van der Waals surface area contributed by atoms with Gasteiger partial charge in [0.1, 0.15) is 5.56 Å². The molecule has 1 saturated carbocycles. The maximum Gasteiger partial charge on any atom is 0.282 e. The Morgan fingerprint density at radius 1 is 1.50 bits per heavy atom. The zero-order valence-corrected chi connectivity index (χ0v) is 12.0. The molecule has 0 aromatic heterocycles. The number of nitro benzene ring substituents is 1. The van der Waals surface area contributed by atoms with Crippen LogP contribution in [0.25, 0.3) is 0 Å². The molecule has 1 aromatic rings. The molecule has 1 N–H and O–H groups in total. The van der Waals surface area contributed by atoms with Gasteiger partial charge in [0.25, 0.3) is 11.6 Å². The van der Waals surface area contributed by atoms with Crippen molar-refractivity contribution in [3.05, 3.63) is 39.4 Å². The summed E-state index contributed by atoms with van der Waals surface area (Å²) in [5, 5.41) is 13.8. The van der Waals surface area contributed by atoms with Crippen LogP contribution < -0.4 is 5.32 Å². The molecule has 6 heteroatoms. The lowest BCUT2D eigenvalue weighted by molar-refractivity contribution is -0.385. The molecule has 1 aliphatic rings. The van der Waals surface area contributed by atoms with Crippen LogP contribution in [0.5, 0.6) is 0 Å². The Morgan fingerprint density at radius 3 is 2.85 bits per heavy atom. The Bertz CT molecular complexity index is 533. The highest BCUT2D eigenvalue weighted by Crippen LogP contribution is 2.29. The van der Waals surface area contributed by atoms with Crippen molar-refractivity contribution in [2.45, 2.75) is 31.6 Å². The van der Waals surface area contributed by atoms with E-state index in [1.165, 1.54) is 6.07 Å². The molecule has 2 unspecified atom stereocenters. The number of alkyl halides is 1. The summed E-state index contributed by atoms with van der Waals surface area (Å²) in [4.78, 5) is 22.5. The molecule has 1 fully saturated rings. The first kappa shape index (κ1) is 14.8. The third-order valence-electron chi connectivity index (χ3n) is 3.68. The molecule has 5 nitrogen and oxygen atoms in total. The van der Waals surface area contributed by atoms with Gasteiger partial charge in [-0.1, -0.05) is 12.5 Å². The number of rotatable bonds is 4. The first-order chi connectivity index (χ1) is 9.49. The van der Waals surface area contributed by atoms with E-state index in [1.54, 1.807) is 19.1 Å². The Kier molecular flexibility index (Phi) is 4.60. The van der Waals surface area contributed by atoms with Crippen LogP contribution in [0, 0.1) is 23.0 Å². The minimum Gasteiger partial charge on any atom is -0.351 e. The normalized spacial score (nSPS) is 21.7. The molecule has 1 amide bonds. The highest BCUT2D eigenvalue weighted by molar-refractivity contribution is 6.21. The van der Waals surface area contributed by atoms with Gasteiger partial charge in [0.05, 0.1) is 4.92 Å². The summed E-state index contributed by atoms with van der Waals surface area (Å²) in [6.45, 7) is 2.27. The van der Waals surface area contributed by atoms with E-state index in [0.717, 1.165) is 24.8 Å². The number of nitrogens with one attached hydrogen (secondary N) is 1. The van der Waals surface area contributed by atoms with E-state index in [4.69, 9.17) is 11.6 Å². The monoisotopic (exact) mass is 296 g/mol. The van der Waals surface area contributed by atoms with Crippen LogP contribution in [0.1, 0.15) is 35.2 Å². The van der Waals surface area contributed by atoms with E-state index in [0.29, 0.717) is 6.54 Å².